The third-order valence-electron chi connectivity index (χ3n) is 2.41. The van der Waals surface area contributed by atoms with Crippen molar-refractivity contribution < 1.29 is 4.74 Å². The van der Waals surface area contributed by atoms with Crippen LogP contribution in [0.2, 0.25) is 0 Å². The fraction of sp³-hybridized carbons (Fsp3) is 0.364. The summed E-state index contributed by atoms with van der Waals surface area (Å²) in [7, 11) is 2.03. The van der Waals surface area contributed by atoms with Crippen molar-refractivity contribution in [3.8, 4) is 11.8 Å². The highest BCUT2D eigenvalue weighted by Gasteiger charge is 2.15. The lowest BCUT2D eigenvalue weighted by Crippen LogP contribution is -2.20. The minimum atomic E-state index is 0.693. The smallest absolute Gasteiger partial charge is 0.125 e. The molecule has 1 aliphatic heterocycles. The van der Waals surface area contributed by atoms with Crippen LogP contribution in [-0.4, -0.2) is 25.1 Å². The highest BCUT2D eigenvalue weighted by molar-refractivity contribution is 5.46. The van der Waals surface area contributed by atoms with E-state index in [1.807, 2.05) is 25.2 Å². The maximum absolute atomic E-state index is 8.95. The first-order valence-corrected chi connectivity index (χ1v) is 4.64. The van der Waals surface area contributed by atoms with Crippen molar-refractivity contribution >= 4 is 0 Å². The van der Waals surface area contributed by atoms with Crippen molar-refractivity contribution in [2.24, 2.45) is 0 Å². The number of hydrogen-bond acceptors (Lipinski definition) is 3. The molecule has 3 nitrogen and oxygen atoms in total. The first-order chi connectivity index (χ1) is 6.81. The van der Waals surface area contributed by atoms with Gasteiger partial charge in [0.15, 0.2) is 0 Å². The van der Waals surface area contributed by atoms with E-state index in [2.05, 4.69) is 11.0 Å². The number of nitrogens with zero attached hydrogens (tertiary/aromatic N) is 2. The first-order valence-electron chi connectivity index (χ1n) is 4.64. The summed E-state index contributed by atoms with van der Waals surface area (Å²) >= 11 is 0. The second-order valence-electron chi connectivity index (χ2n) is 3.48. The van der Waals surface area contributed by atoms with Gasteiger partial charge in [-0.05, 0) is 19.2 Å². The molecule has 1 aliphatic rings. The second-order valence-corrected chi connectivity index (χ2v) is 3.48. The molecule has 1 aromatic rings. The van der Waals surface area contributed by atoms with Gasteiger partial charge in [0.1, 0.15) is 12.4 Å². The third kappa shape index (κ3) is 1.57. The molecule has 0 bridgehead atoms. The van der Waals surface area contributed by atoms with Crippen LogP contribution in [0, 0.1) is 11.3 Å². The maximum Gasteiger partial charge on any atom is 0.125 e. The van der Waals surface area contributed by atoms with Crippen molar-refractivity contribution in [1.29, 1.82) is 5.26 Å². The van der Waals surface area contributed by atoms with E-state index in [1.54, 1.807) is 0 Å². The molecule has 0 aromatic heterocycles. The summed E-state index contributed by atoms with van der Waals surface area (Å²) in [6.45, 7) is 2.39. The van der Waals surface area contributed by atoms with Crippen LogP contribution in [0.15, 0.2) is 18.2 Å². The van der Waals surface area contributed by atoms with Gasteiger partial charge in [0.2, 0.25) is 0 Å². The summed E-state index contributed by atoms with van der Waals surface area (Å²) in [5.74, 6) is 0.855. The average molecular weight is 188 g/mol. The fourth-order valence-corrected chi connectivity index (χ4v) is 1.63. The van der Waals surface area contributed by atoms with E-state index in [-0.39, 0.29) is 0 Å². The lowest BCUT2D eigenvalue weighted by Gasteiger charge is -2.12. The second kappa shape index (κ2) is 3.69. The molecule has 3 heteroatoms. The monoisotopic (exact) mass is 188 g/mol. The Kier molecular flexibility index (Phi) is 2.38. The number of likely N-dealkylation sites (N-methyl/N-ethyl adjacent to an activating group) is 1. The van der Waals surface area contributed by atoms with Crippen molar-refractivity contribution in [1.82, 2.24) is 4.90 Å². The largest absolute Gasteiger partial charge is 0.492 e. The molecule has 0 fully saturated rings. The van der Waals surface area contributed by atoms with Crippen LogP contribution in [0.3, 0.4) is 0 Å². The Labute approximate surface area is 83.5 Å². The van der Waals surface area contributed by atoms with Gasteiger partial charge in [-0.15, -0.1) is 0 Å². The molecule has 14 heavy (non-hydrogen) atoms. The Balaban J connectivity index is 2.46. The zero-order valence-corrected chi connectivity index (χ0v) is 8.16. The van der Waals surface area contributed by atoms with Crippen LogP contribution in [0.5, 0.6) is 5.75 Å². The molecule has 1 heterocycles. The summed E-state index contributed by atoms with van der Waals surface area (Å²) in [6.07, 6.45) is 0. The molecule has 0 amide bonds. The van der Waals surface area contributed by atoms with E-state index in [0.717, 1.165) is 30.0 Å². The standard InChI is InChI=1S/C11H12N2O/c1-13-5-6-14-11-4-2-3-9(7-12)10(11)8-13/h2-4H,5-6,8H2,1H3. The molecule has 0 N–H and O–H groups in total. The number of nitriles is 1. The van der Waals surface area contributed by atoms with Crippen LogP contribution >= 0.6 is 0 Å². The molecule has 0 atom stereocenters. The molecule has 72 valence electrons. The summed E-state index contributed by atoms with van der Waals surface area (Å²) in [5, 5.41) is 8.95. The van der Waals surface area contributed by atoms with Crippen molar-refractivity contribution in [3.63, 3.8) is 0 Å². The van der Waals surface area contributed by atoms with E-state index < -0.39 is 0 Å². The molecular formula is C11H12N2O. The van der Waals surface area contributed by atoms with Gasteiger partial charge in [-0.2, -0.15) is 5.26 Å². The lowest BCUT2D eigenvalue weighted by atomic mass is 10.1. The van der Waals surface area contributed by atoms with E-state index in [0.29, 0.717) is 6.61 Å². The van der Waals surface area contributed by atoms with E-state index in [1.165, 1.54) is 0 Å². The minimum Gasteiger partial charge on any atom is -0.492 e. The van der Waals surface area contributed by atoms with Gasteiger partial charge >= 0.3 is 0 Å². The predicted octanol–water partition coefficient (Wildman–Crippen LogP) is 1.38. The molecular weight excluding hydrogens is 176 g/mol. The molecule has 0 radical (unpaired) electrons. The summed E-state index contributed by atoms with van der Waals surface area (Å²) < 4.78 is 5.57. The maximum atomic E-state index is 8.95. The van der Waals surface area contributed by atoms with Gasteiger partial charge in [0.25, 0.3) is 0 Å². The molecule has 0 saturated carbocycles. The average Bonchev–Trinajstić information content (AvgIpc) is 2.38. The Morgan fingerprint density at radius 3 is 3.14 bits per heavy atom. The van der Waals surface area contributed by atoms with Gasteiger partial charge in [-0.1, -0.05) is 6.07 Å². The van der Waals surface area contributed by atoms with Gasteiger partial charge < -0.3 is 4.74 Å². The zero-order chi connectivity index (χ0) is 9.97. The van der Waals surface area contributed by atoms with Gasteiger partial charge in [0, 0.05) is 18.7 Å². The SMILES string of the molecule is CN1CCOc2cccc(C#N)c2C1. The zero-order valence-electron chi connectivity index (χ0n) is 8.16. The van der Waals surface area contributed by atoms with Crippen LogP contribution in [-0.2, 0) is 6.54 Å². The number of hydrogen-bond donors (Lipinski definition) is 0. The minimum absolute atomic E-state index is 0.693. The van der Waals surface area contributed by atoms with Crippen LogP contribution in [0.25, 0.3) is 0 Å². The fourth-order valence-electron chi connectivity index (χ4n) is 1.63. The number of fused-ring (bicyclic) bond motifs is 1. The highest BCUT2D eigenvalue weighted by atomic mass is 16.5. The van der Waals surface area contributed by atoms with Crippen LogP contribution < -0.4 is 4.74 Å². The van der Waals surface area contributed by atoms with Crippen molar-refractivity contribution in [3.05, 3.63) is 29.3 Å². The topological polar surface area (TPSA) is 36.3 Å². The highest BCUT2D eigenvalue weighted by Crippen LogP contribution is 2.25. The van der Waals surface area contributed by atoms with Crippen molar-refractivity contribution in [2.75, 3.05) is 20.2 Å². The number of ether oxygens (including phenoxy) is 1. The predicted molar refractivity (Wildman–Crippen MR) is 53.0 cm³/mol. The number of benzene rings is 1. The third-order valence-corrected chi connectivity index (χ3v) is 2.41. The Morgan fingerprint density at radius 1 is 1.50 bits per heavy atom. The molecule has 2 rings (SSSR count). The molecule has 0 unspecified atom stereocenters. The summed E-state index contributed by atoms with van der Waals surface area (Å²) in [6, 6.07) is 7.82. The normalized spacial score (nSPS) is 16.3. The van der Waals surface area contributed by atoms with E-state index in [4.69, 9.17) is 10.00 Å². The molecule has 0 saturated heterocycles. The summed E-state index contributed by atoms with van der Waals surface area (Å²) in [5.41, 5.74) is 1.73. The van der Waals surface area contributed by atoms with Gasteiger partial charge in [-0.25, -0.2) is 0 Å². The Morgan fingerprint density at radius 2 is 2.36 bits per heavy atom. The van der Waals surface area contributed by atoms with Crippen LogP contribution in [0.1, 0.15) is 11.1 Å². The van der Waals surface area contributed by atoms with Gasteiger partial charge in [0.05, 0.1) is 11.6 Å². The molecule has 1 aromatic carbocycles. The van der Waals surface area contributed by atoms with E-state index >= 15 is 0 Å². The molecule has 0 spiro atoms. The first kappa shape index (κ1) is 9.04. The Bertz CT molecular complexity index is 381. The quantitative estimate of drug-likeness (QED) is 0.617. The molecule has 0 aliphatic carbocycles. The lowest BCUT2D eigenvalue weighted by molar-refractivity contribution is 0.259. The Hall–Kier alpha value is -1.53. The van der Waals surface area contributed by atoms with E-state index in [9.17, 15) is 0 Å². The summed E-state index contributed by atoms with van der Waals surface area (Å²) in [4.78, 5) is 2.16. The van der Waals surface area contributed by atoms with Crippen LogP contribution in [0.4, 0.5) is 0 Å². The van der Waals surface area contributed by atoms with Gasteiger partial charge in [-0.3, -0.25) is 4.90 Å². The number of rotatable bonds is 0. The van der Waals surface area contributed by atoms with Crippen molar-refractivity contribution in [2.45, 2.75) is 6.54 Å².